The van der Waals surface area contributed by atoms with Crippen LogP contribution in [0.5, 0.6) is 11.5 Å². The van der Waals surface area contributed by atoms with E-state index in [-0.39, 0.29) is 5.56 Å². The van der Waals surface area contributed by atoms with Crippen molar-refractivity contribution in [1.29, 1.82) is 0 Å². The lowest BCUT2D eigenvalue weighted by Crippen LogP contribution is -1.99. The number of para-hydroxylation sites is 1. The summed E-state index contributed by atoms with van der Waals surface area (Å²) in [4.78, 5) is 11.3. The average Bonchev–Trinajstić information content (AvgIpc) is 3.10. The highest BCUT2D eigenvalue weighted by Gasteiger charge is 2.13. The molecule has 0 fully saturated rings. The maximum absolute atomic E-state index is 11.3. The van der Waals surface area contributed by atoms with E-state index >= 15 is 0 Å². The molecule has 0 aliphatic carbocycles. The second-order valence-electron chi connectivity index (χ2n) is 5.91. The van der Waals surface area contributed by atoms with Crippen LogP contribution < -0.4 is 4.74 Å². The van der Waals surface area contributed by atoms with Gasteiger partial charge in [0.1, 0.15) is 17.1 Å². The molecule has 4 rings (SSSR count). The molecule has 0 aromatic heterocycles. The molecule has 124 valence electrons. The summed E-state index contributed by atoms with van der Waals surface area (Å²) in [6.45, 7) is 1.32. The summed E-state index contributed by atoms with van der Waals surface area (Å²) < 4.78 is 11.3. The van der Waals surface area contributed by atoms with Gasteiger partial charge in [-0.1, -0.05) is 36.4 Å². The molecular weight excluding hydrogens is 316 g/mol. The van der Waals surface area contributed by atoms with Crippen molar-refractivity contribution >= 4 is 5.97 Å². The fourth-order valence-electron chi connectivity index (χ4n) is 2.95. The fourth-order valence-corrected chi connectivity index (χ4v) is 2.95. The Hall–Kier alpha value is -3.11. The molecule has 0 amide bonds. The predicted molar refractivity (Wildman–Crippen MR) is 93.8 cm³/mol. The van der Waals surface area contributed by atoms with Crippen molar-refractivity contribution in [2.75, 3.05) is 0 Å². The van der Waals surface area contributed by atoms with Gasteiger partial charge >= 0.3 is 5.97 Å². The van der Waals surface area contributed by atoms with Crippen LogP contribution in [-0.4, -0.2) is 11.1 Å². The molecule has 1 aliphatic rings. The zero-order valence-corrected chi connectivity index (χ0v) is 13.4. The van der Waals surface area contributed by atoms with Gasteiger partial charge in [0.25, 0.3) is 0 Å². The van der Waals surface area contributed by atoms with E-state index in [1.807, 2.05) is 24.3 Å². The van der Waals surface area contributed by atoms with E-state index in [9.17, 15) is 9.90 Å². The number of benzene rings is 3. The van der Waals surface area contributed by atoms with Crippen LogP contribution in [0, 0.1) is 0 Å². The monoisotopic (exact) mass is 332 g/mol. The number of fused-ring (bicyclic) bond motifs is 1. The van der Waals surface area contributed by atoms with Crippen molar-refractivity contribution in [2.24, 2.45) is 0 Å². The molecule has 0 bridgehead atoms. The van der Waals surface area contributed by atoms with Crippen molar-refractivity contribution in [3.8, 4) is 22.6 Å². The van der Waals surface area contributed by atoms with Gasteiger partial charge in [-0.15, -0.1) is 0 Å². The third-order valence-electron chi connectivity index (χ3n) is 4.23. The Morgan fingerprint density at radius 2 is 1.68 bits per heavy atom. The van der Waals surface area contributed by atoms with Gasteiger partial charge < -0.3 is 14.6 Å². The van der Waals surface area contributed by atoms with Gasteiger partial charge in [0.15, 0.2) is 0 Å². The number of carboxylic acids is 1. The van der Waals surface area contributed by atoms with Crippen LogP contribution in [0.2, 0.25) is 0 Å². The van der Waals surface area contributed by atoms with Crippen LogP contribution in [0.15, 0.2) is 66.7 Å². The molecule has 0 radical (unpaired) electrons. The first-order valence-electron chi connectivity index (χ1n) is 8.01. The number of ether oxygens (including phenoxy) is 2. The summed E-state index contributed by atoms with van der Waals surface area (Å²) in [5.74, 6) is -0.0807. The molecule has 3 aromatic rings. The van der Waals surface area contributed by atoms with Crippen LogP contribution in [0.25, 0.3) is 11.1 Å². The summed E-state index contributed by atoms with van der Waals surface area (Å²) >= 11 is 0. The predicted octanol–water partition coefficient (Wildman–Crippen LogP) is 4.87. The van der Waals surface area contributed by atoms with Crippen LogP contribution in [0.1, 0.15) is 21.5 Å². The first-order chi connectivity index (χ1) is 12.2. The van der Waals surface area contributed by atoms with Crippen molar-refractivity contribution in [3.05, 3.63) is 83.4 Å². The molecular formula is C21H16O4. The Labute approximate surface area is 145 Å². The highest BCUT2D eigenvalue weighted by Crippen LogP contribution is 2.31. The number of hydrogen-bond donors (Lipinski definition) is 1. The van der Waals surface area contributed by atoms with Crippen molar-refractivity contribution in [1.82, 2.24) is 0 Å². The first kappa shape index (κ1) is 15.4. The maximum Gasteiger partial charge on any atom is 0.339 e. The lowest BCUT2D eigenvalue weighted by molar-refractivity contribution is 0.0694. The highest BCUT2D eigenvalue weighted by molar-refractivity contribution is 5.91. The number of carbonyl (C=O) groups is 1. The second kappa shape index (κ2) is 6.42. The summed E-state index contributed by atoms with van der Waals surface area (Å²) in [6.07, 6.45) is 0. The van der Waals surface area contributed by atoms with Crippen LogP contribution >= 0.6 is 0 Å². The van der Waals surface area contributed by atoms with Gasteiger partial charge in [-0.2, -0.15) is 0 Å². The lowest BCUT2D eigenvalue weighted by atomic mass is 10.0. The largest absolute Gasteiger partial charge is 0.478 e. The van der Waals surface area contributed by atoms with Gasteiger partial charge in [-0.3, -0.25) is 0 Å². The van der Waals surface area contributed by atoms with E-state index in [2.05, 4.69) is 18.2 Å². The third-order valence-corrected chi connectivity index (χ3v) is 4.23. The Morgan fingerprint density at radius 3 is 2.56 bits per heavy atom. The summed E-state index contributed by atoms with van der Waals surface area (Å²) in [5.41, 5.74) is 4.68. The van der Waals surface area contributed by atoms with Gasteiger partial charge in [0, 0.05) is 0 Å². The lowest BCUT2D eigenvalue weighted by Gasteiger charge is -2.10. The zero-order chi connectivity index (χ0) is 17.2. The quantitative estimate of drug-likeness (QED) is 0.740. The molecule has 0 unspecified atom stereocenters. The zero-order valence-electron chi connectivity index (χ0n) is 13.4. The summed E-state index contributed by atoms with van der Waals surface area (Å²) in [6, 6.07) is 20.5. The molecule has 4 nitrogen and oxygen atoms in total. The van der Waals surface area contributed by atoms with E-state index in [4.69, 9.17) is 9.47 Å². The first-order valence-corrected chi connectivity index (χ1v) is 8.01. The molecule has 25 heavy (non-hydrogen) atoms. The van der Waals surface area contributed by atoms with Crippen molar-refractivity contribution < 1.29 is 19.4 Å². The van der Waals surface area contributed by atoms with Gasteiger partial charge in [0.05, 0.1) is 13.2 Å². The van der Waals surface area contributed by atoms with Crippen LogP contribution in [-0.2, 0) is 18.0 Å². The maximum atomic E-state index is 11.3. The normalized spacial score (nSPS) is 12.6. The number of hydrogen-bond acceptors (Lipinski definition) is 3. The topological polar surface area (TPSA) is 55.8 Å². The van der Waals surface area contributed by atoms with Crippen molar-refractivity contribution in [3.63, 3.8) is 0 Å². The van der Waals surface area contributed by atoms with Gasteiger partial charge in [-0.25, -0.2) is 4.79 Å². The second-order valence-corrected chi connectivity index (χ2v) is 5.91. The number of aromatic carboxylic acids is 1. The van der Waals surface area contributed by atoms with E-state index in [0.29, 0.717) is 24.7 Å². The third kappa shape index (κ3) is 3.12. The van der Waals surface area contributed by atoms with E-state index in [1.54, 1.807) is 18.2 Å². The summed E-state index contributed by atoms with van der Waals surface area (Å²) in [7, 11) is 0. The molecule has 3 aromatic carbocycles. The minimum atomic E-state index is -1.01. The number of carboxylic acid groups (broad SMARTS) is 1. The van der Waals surface area contributed by atoms with E-state index in [0.717, 1.165) is 11.1 Å². The molecule has 1 N–H and O–H groups in total. The van der Waals surface area contributed by atoms with E-state index in [1.165, 1.54) is 17.2 Å². The average molecular weight is 332 g/mol. The summed E-state index contributed by atoms with van der Waals surface area (Å²) in [5, 5.41) is 9.27. The molecule has 1 heterocycles. The minimum Gasteiger partial charge on any atom is -0.478 e. The molecule has 0 saturated carbocycles. The Morgan fingerprint density at radius 1 is 0.880 bits per heavy atom. The van der Waals surface area contributed by atoms with Crippen molar-refractivity contribution in [2.45, 2.75) is 13.2 Å². The van der Waals surface area contributed by atoms with Gasteiger partial charge in [-0.05, 0) is 52.6 Å². The fraction of sp³-hybridized carbons (Fsp3) is 0.0952. The SMILES string of the molecule is O=C(O)c1ccccc1Oc1cccc(-c2ccc3c(c2)COC3)c1. The molecule has 4 heteroatoms. The molecule has 0 spiro atoms. The Bertz CT molecular complexity index is 946. The standard InChI is InChI=1S/C21H16O4/c22-21(23)19-6-1-2-7-20(19)25-18-5-3-4-14(11-18)15-8-9-16-12-24-13-17(16)10-15/h1-11H,12-13H2,(H,22,23). The van der Waals surface area contributed by atoms with Crippen LogP contribution in [0.3, 0.4) is 0 Å². The van der Waals surface area contributed by atoms with Gasteiger partial charge in [0.2, 0.25) is 0 Å². The smallest absolute Gasteiger partial charge is 0.339 e. The Kier molecular flexibility index (Phi) is 3.96. The minimum absolute atomic E-state index is 0.141. The highest BCUT2D eigenvalue weighted by atomic mass is 16.5. The molecule has 0 atom stereocenters. The molecule has 1 aliphatic heterocycles. The number of rotatable bonds is 4. The molecule has 0 saturated heterocycles. The van der Waals surface area contributed by atoms with E-state index < -0.39 is 5.97 Å². The Balaban J connectivity index is 1.65. The van der Waals surface area contributed by atoms with Crippen LogP contribution in [0.4, 0.5) is 0 Å².